The van der Waals surface area contributed by atoms with E-state index in [0.29, 0.717) is 6.54 Å². The first-order valence-electron chi connectivity index (χ1n) is 8.77. The third-order valence-corrected chi connectivity index (χ3v) is 4.09. The molecule has 2 aromatic carbocycles. The number of nitrogens with one attached hydrogen (secondary N) is 3. The van der Waals surface area contributed by atoms with Crippen LogP contribution in [0.25, 0.3) is 11.4 Å². The molecule has 0 spiro atoms. The first-order valence-corrected chi connectivity index (χ1v) is 8.77. The zero-order valence-corrected chi connectivity index (χ0v) is 17.9. The number of aryl methyl sites for hydroxylation is 1. The van der Waals surface area contributed by atoms with Gasteiger partial charge >= 0.3 is 0 Å². The van der Waals surface area contributed by atoms with Gasteiger partial charge in [-0.25, -0.2) is 9.98 Å². The van der Waals surface area contributed by atoms with Gasteiger partial charge in [0, 0.05) is 18.7 Å². The zero-order valence-electron chi connectivity index (χ0n) is 15.6. The normalized spacial score (nSPS) is 11.0. The number of aromatic nitrogens is 3. The molecule has 0 radical (unpaired) electrons. The molecule has 0 aliphatic heterocycles. The Kier molecular flexibility index (Phi) is 8.25. The number of hydrogen-bond acceptors (Lipinski definition) is 3. The van der Waals surface area contributed by atoms with Crippen molar-refractivity contribution in [2.24, 2.45) is 4.99 Å². The monoisotopic (exact) mass is 476 g/mol. The molecule has 0 saturated carbocycles. The molecule has 0 bridgehead atoms. The highest BCUT2D eigenvalue weighted by Crippen LogP contribution is 2.16. The van der Waals surface area contributed by atoms with Crippen LogP contribution in [-0.2, 0) is 13.1 Å². The van der Waals surface area contributed by atoms with E-state index in [1.54, 1.807) is 0 Å². The summed E-state index contributed by atoms with van der Waals surface area (Å²) in [6.45, 7) is 6.34. The van der Waals surface area contributed by atoms with E-state index in [0.717, 1.165) is 36.0 Å². The second-order valence-electron chi connectivity index (χ2n) is 6.01. The summed E-state index contributed by atoms with van der Waals surface area (Å²) in [5, 5.41) is 13.5. The maximum absolute atomic E-state index is 4.70. The first kappa shape index (κ1) is 20.9. The van der Waals surface area contributed by atoms with Crippen LogP contribution in [0.5, 0.6) is 0 Å². The molecule has 0 saturated heterocycles. The molecule has 27 heavy (non-hydrogen) atoms. The Hall–Kier alpha value is -2.42. The number of nitrogens with zero attached hydrogens (tertiary/aromatic N) is 3. The molecule has 1 aromatic heterocycles. The zero-order chi connectivity index (χ0) is 18.2. The Morgan fingerprint density at radius 2 is 1.96 bits per heavy atom. The minimum absolute atomic E-state index is 0. The largest absolute Gasteiger partial charge is 0.357 e. The summed E-state index contributed by atoms with van der Waals surface area (Å²) in [5.74, 6) is 1.57. The van der Waals surface area contributed by atoms with Gasteiger partial charge in [0.25, 0.3) is 0 Å². The van der Waals surface area contributed by atoms with Crippen LogP contribution in [0, 0.1) is 6.92 Å². The van der Waals surface area contributed by atoms with E-state index < -0.39 is 0 Å². The molecule has 142 valence electrons. The molecular weight excluding hydrogens is 451 g/mol. The van der Waals surface area contributed by atoms with Crippen LogP contribution in [0.15, 0.2) is 59.9 Å². The Bertz CT molecular complexity index is 860. The van der Waals surface area contributed by atoms with Crippen LogP contribution >= 0.6 is 24.0 Å². The Morgan fingerprint density at radius 1 is 1.11 bits per heavy atom. The van der Waals surface area contributed by atoms with Crippen LogP contribution in [0.2, 0.25) is 0 Å². The second kappa shape index (κ2) is 10.7. The fourth-order valence-electron chi connectivity index (χ4n) is 2.66. The standard InChI is InChI=1S/C20H24N6.HI/c1-3-21-20(23-13-18-9-5-4-7-15(18)2)22-12-16-8-6-10-17(11-16)19-24-14-25-26-19;/h4-11,14H,3,12-13H2,1-2H3,(H2,21,22,23)(H,24,25,26);1H. The third-order valence-electron chi connectivity index (χ3n) is 4.09. The smallest absolute Gasteiger partial charge is 0.191 e. The lowest BCUT2D eigenvalue weighted by Crippen LogP contribution is -2.36. The molecule has 1 heterocycles. The van der Waals surface area contributed by atoms with Gasteiger partial charge in [-0.1, -0.05) is 42.5 Å². The lowest BCUT2D eigenvalue weighted by atomic mass is 10.1. The Balaban J connectivity index is 0.00000261. The first-order chi connectivity index (χ1) is 12.8. The van der Waals surface area contributed by atoms with E-state index in [2.05, 4.69) is 76.1 Å². The average molecular weight is 476 g/mol. The molecule has 0 unspecified atom stereocenters. The number of aliphatic imine (C=N–C) groups is 1. The minimum Gasteiger partial charge on any atom is -0.357 e. The summed E-state index contributed by atoms with van der Waals surface area (Å²) < 4.78 is 0. The molecule has 0 atom stereocenters. The van der Waals surface area contributed by atoms with Crippen LogP contribution in [0.1, 0.15) is 23.6 Å². The van der Waals surface area contributed by atoms with E-state index in [9.17, 15) is 0 Å². The SMILES string of the molecule is CCNC(=NCc1cccc(-c2ncn[nH]2)c1)NCc1ccccc1C.I. The topological polar surface area (TPSA) is 78.0 Å². The predicted molar refractivity (Wildman–Crippen MR) is 120 cm³/mol. The summed E-state index contributed by atoms with van der Waals surface area (Å²) in [5.41, 5.74) is 4.67. The van der Waals surface area contributed by atoms with Crippen molar-refractivity contribution in [2.45, 2.75) is 26.9 Å². The number of halogens is 1. The molecule has 0 amide bonds. The molecule has 0 aliphatic carbocycles. The molecule has 7 heteroatoms. The number of rotatable bonds is 6. The Labute approximate surface area is 176 Å². The highest BCUT2D eigenvalue weighted by Gasteiger charge is 2.03. The molecule has 3 N–H and O–H groups in total. The summed E-state index contributed by atoms with van der Waals surface area (Å²) in [7, 11) is 0. The van der Waals surface area contributed by atoms with E-state index in [1.165, 1.54) is 17.5 Å². The molecular formula is C20H25IN6. The quantitative estimate of drug-likeness (QED) is 0.288. The maximum Gasteiger partial charge on any atom is 0.191 e. The fourth-order valence-corrected chi connectivity index (χ4v) is 2.66. The summed E-state index contributed by atoms with van der Waals surface area (Å²) in [6.07, 6.45) is 1.51. The van der Waals surface area contributed by atoms with Crippen LogP contribution in [0.4, 0.5) is 0 Å². The molecule has 6 nitrogen and oxygen atoms in total. The van der Waals surface area contributed by atoms with Crippen LogP contribution in [-0.4, -0.2) is 27.7 Å². The minimum atomic E-state index is 0. The van der Waals surface area contributed by atoms with E-state index in [4.69, 9.17) is 4.99 Å². The van der Waals surface area contributed by atoms with Gasteiger partial charge < -0.3 is 10.6 Å². The van der Waals surface area contributed by atoms with Crippen molar-refractivity contribution in [3.05, 3.63) is 71.5 Å². The average Bonchev–Trinajstić information content (AvgIpc) is 3.20. The van der Waals surface area contributed by atoms with Gasteiger partial charge in [0.1, 0.15) is 6.33 Å². The van der Waals surface area contributed by atoms with E-state index in [-0.39, 0.29) is 24.0 Å². The van der Waals surface area contributed by atoms with E-state index >= 15 is 0 Å². The molecule has 3 rings (SSSR count). The molecule has 3 aromatic rings. The lowest BCUT2D eigenvalue weighted by Gasteiger charge is -2.13. The summed E-state index contributed by atoms with van der Waals surface area (Å²) in [6, 6.07) is 16.5. The summed E-state index contributed by atoms with van der Waals surface area (Å²) >= 11 is 0. The van der Waals surface area contributed by atoms with Crippen molar-refractivity contribution in [1.82, 2.24) is 25.8 Å². The Morgan fingerprint density at radius 3 is 2.70 bits per heavy atom. The molecule has 0 fully saturated rings. The number of hydrogen-bond donors (Lipinski definition) is 3. The van der Waals surface area contributed by atoms with Crippen molar-refractivity contribution in [3.8, 4) is 11.4 Å². The number of benzene rings is 2. The fraction of sp³-hybridized carbons (Fsp3) is 0.250. The van der Waals surface area contributed by atoms with Gasteiger partial charge in [0.05, 0.1) is 6.54 Å². The van der Waals surface area contributed by atoms with Crippen molar-refractivity contribution in [1.29, 1.82) is 0 Å². The molecule has 0 aliphatic rings. The van der Waals surface area contributed by atoms with Gasteiger partial charge in [-0.3, -0.25) is 5.10 Å². The van der Waals surface area contributed by atoms with Crippen LogP contribution < -0.4 is 10.6 Å². The van der Waals surface area contributed by atoms with E-state index in [1.807, 2.05) is 12.1 Å². The van der Waals surface area contributed by atoms with Crippen molar-refractivity contribution < 1.29 is 0 Å². The highest BCUT2D eigenvalue weighted by atomic mass is 127. The van der Waals surface area contributed by atoms with Crippen LogP contribution in [0.3, 0.4) is 0 Å². The predicted octanol–water partition coefficient (Wildman–Crippen LogP) is 3.65. The van der Waals surface area contributed by atoms with Gasteiger partial charge in [-0.2, -0.15) is 5.10 Å². The van der Waals surface area contributed by atoms with Gasteiger partial charge in [-0.05, 0) is 36.6 Å². The highest BCUT2D eigenvalue weighted by molar-refractivity contribution is 14.0. The lowest BCUT2D eigenvalue weighted by molar-refractivity contribution is 0.813. The van der Waals surface area contributed by atoms with Gasteiger partial charge in [0.2, 0.25) is 0 Å². The number of aromatic amines is 1. The van der Waals surface area contributed by atoms with Crippen molar-refractivity contribution >= 4 is 29.9 Å². The van der Waals surface area contributed by atoms with Gasteiger partial charge in [-0.15, -0.1) is 24.0 Å². The van der Waals surface area contributed by atoms with Gasteiger partial charge in [0.15, 0.2) is 11.8 Å². The van der Waals surface area contributed by atoms with Crippen molar-refractivity contribution in [3.63, 3.8) is 0 Å². The maximum atomic E-state index is 4.70. The van der Waals surface area contributed by atoms with Crippen molar-refractivity contribution in [2.75, 3.05) is 6.54 Å². The second-order valence-corrected chi connectivity index (χ2v) is 6.01. The number of guanidine groups is 1. The third kappa shape index (κ3) is 6.06. The summed E-state index contributed by atoms with van der Waals surface area (Å²) in [4.78, 5) is 8.90. The number of H-pyrrole nitrogens is 1.